The maximum atomic E-state index is 13.0. The van der Waals surface area contributed by atoms with E-state index in [1.54, 1.807) is 18.2 Å². The van der Waals surface area contributed by atoms with Crippen molar-refractivity contribution in [3.63, 3.8) is 0 Å². The summed E-state index contributed by atoms with van der Waals surface area (Å²) in [5.74, 6) is -0.656. The topological polar surface area (TPSA) is 55.4 Å². The normalized spacial score (nSPS) is 10.2. The van der Waals surface area contributed by atoms with Gasteiger partial charge >= 0.3 is 0 Å². The van der Waals surface area contributed by atoms with Crippen molar-refractivity contribution < 1.29 is 18.7 Å². The van der Waals surface area contributed by atoms with Crippen LogP contribution in [0.25, 0.3) is 0 Å². The van der Waals surface area contributed by atoms with E-state index in [1.807, 2.05) is 0 Å². The van der Waals surface area contributed by atoms with E-state index in [0.717, 1.165) is 0 Å². The summed E-state index contributed by atoms with van der Waals surface area (Å²) in [5.41, 5.74) is 0.682. The molecule has 0 fully saturated rings. The van der Waals surface area contributed by atoms with E-state index in [1.165, 1.54) is 31.4 Å². The van der Waals surface area contributed by atoms with Crippen LogP contribution in [0.2, 0.25) is 5.02 Å². The summed E-state index contributed by atoms with van der Waals surface area (Å²) in [7, 11) is 1.46. The Bertz CT molecular complexity index is 734. The zero-order valence-electron chi connectivity index (χ0n) is 12.4. The average Bonchev–Trinajstić information content (AvgIpc) is 2.52. The molecule has 120 valence electrons. The Morgan fingerprint density at radius 3 is 2.65 bits per heavy atom. The van der Waals surface area contributed by atoms with Crippen LogP contribution in [0.1, 0.15) is 23.2 Å². The van der Waals surface area contributed by atoms with Crippen LogP contribution in [0.5, 0.6) is 5.75 Å². The Kier molecular flexibility index (Phi) is 5.71. The predicted molar refractivity (Wildman–Crippen MR) is 86.6 cm³/mol. The first kappa shape index (κ1) is 17.0. The zero-order valence-corrected chi connectivity index (χ0v) is 13.2. The Hall–Kier alpha value is -2.40. The van der Waals surface area contributed by atoms with Crippen LogP contribution in [0.3, 0.4) is 0 Å². The molecule has 2 aromatic rings. The van der Waals surface area contributed by atoms with E-state index in [9.17, 15) is 14.0 Å². The molecule has 2 aromatic carbocycles. The lowest BCUT2D eigenvalue weighted by Crippen LogP contribution is -2.14. The lowest BCUT2D eigenvalue weighted by Gasteiger charge is -2.08. The third kappa shape index (κ3) is 4.79. The highest BCUT2D eigenvalue weighted by atomic mass is 35.5. The van der Waals surface area contributed by atoms with Gasteiger partial charge in [-0.15, -0.1) is 0 Å². The Labute approximate surface area is 138 Å². The molecule has 0 aliphatic rings. The van der Waals surface area contributed by atoms with Gasteiger partial charge in [-0.25, -0.2) is 4.39 Å². The van der Waals surface area contributed by atoms with E-state index < -0.39 is 5.82 Å². The third-order valence-corrected chi connectivity index (χ3v) is 3.38. The highest BCUT2D eigenvalue weighted by Crippen LogP contribution is 2.24. The van der Waals surface area contributed by atoms with Gasteiger partial charge in [0.05, 0.1) is 12.7 Å². The van der Waals surface area contributed by atoms with E-state index in [0.29, 0.717) is 22.0 Å². The molecule has 1 amide bonds. The molecular formula is C17H15ClFNO3. The number of carbonyl (C=O) groups excluding carboxylic acids is 2. The van der Waals surface area contributed by atoms with Crippen molar-refractivity contribution in [2.24, 2.45) is 0 Å². The minimum atomic E-state index is -0.442. The van der Waals surface area contributed by atoms with Gasteiger partial charge in [0.15, 0.2) is 5.78 Å². The van der Waals surface area contributed by atoms with Gasteiger partial charge < -0.3 is 10.1 Å². The van der Waals surface area contributed by atoms with Crippen LogP contribution in [0.15, 0.2) is 42.5 Å². The van der Waals surface area contributed by atoms with Crippen LogP contribution in [0.4, 0.5) is 10.1 Å². The molecule has 6 heteroatoms. The second-order valence-electron chi connectivity index (χ2n) is 4.83. The molecule has 0 saturated heterocycles. The summed E-state index contributed by atoms with van der Waals surface area (Å²) in [6.45, 7) is 0. The average molecular weight is 336 g/mol. The molecule has 0 spiro atoms. The van der Waals surface area contributed by atoms with Crippen molar-refractivity contribution in [1.82, 2.24) is 0 Å². The van der Waals surface area contributed by atoms with Gasteiger partial charge in [0, 0.05) is 23.6 Å². The van der Waals surface area contributed by atoms with E-state index in [2.05, 4.69) is 5.32 Å². The van der Waals surface area contributed by atoms with Crippen LogP contribution in [-0.2, 0) is 4.79 Å². The van der Waals surface area contributed by atoms with Crippen LogP contribution >= 0.6 is 11.6 Å². The number of halogens is 2. The number of rotatable bonds is 6. The largest absolute Gasteiger partial charge is 0.496 e. The fourth-order valence-electron chi connectivity index (χ4n) is 2.05. The van der Waals surface area contributed by atoms with Crippen LogP contribution in [-0.4, -0.2) is 18.8 Å². The molecule has 0 aliphatic carbocycles. The number of carbonyl (C=O) groups is 2. The highest BCUT2D eigenvalue weighted by Gasteiger charge is 2.14. The van der Waals surface area contributed by atoms with Crippen molar-refractivity contribution in [1.29, 1.82) is 0 Å². The number of ether oxygens (including phenoxy) is 1. The maximum absolute atomic E-state index is 13.0. The molecule has 0 aromatic heterocycles. The highest BCUT2D eigenvalue weighted by molar-refractivity contribution is 6.31. The number of hydrogen-bond donors (Lipinski definition) is 1. The lowest BCUT2D eigenvalue weighted by molar-refractivity contribution is -0.116. The second-order valence-corrected chi connectivity index (χ2v) is 5.26. The molecule has 4 nitrogen and oxygen atoms in total. The smallest absolute Gasteiger partial charge is 0.224 e. The molecule has 0 bridgehead atoms. The number of methoxy groups -OCH3 is 1. The van der Waals surface area contributed by atoms with Gasteiger partial charge in [-0.3, -0.25) is 9.59 Å². The summed E-state index contributed by atoms with van der Waals surface area (Å²) in [4.78, 5) is 24.0. The number of amides is 1. The van der Waals surface area contributed by atoms with Gasteiger partial charge in [0.25, 0.3) is 0 Å². The first-order valence-electron chi connectivity index (χ1n) is 6.92. The number of Topliss-reactive ketones (excluding diaryl/α,β-unsaturated/α-hetero) is 1. The van der Waals surface area contributed by atoms with E-state index >= 15 is 0 Å². The minimum Gasteiger partial charge on any atom is -0.496 e. The molecule has 0 heterocycles. The number of nitrogens with one attached hydrogen (secondary N) is 1. The number of anilines is 1. The maximum Gasteiger partial charge on any atom is 0.224 e. The Morgan fingerprint density at radius 2 is 1.96 bits per heavy atom. The molecule has 1 N–H and O–H groups in total. The van der Waals surface area contributed by atoms with Crippen molar-refractivity contribution in [2.45, 2.75) is 12.8 Å². The van der Waals surface area contributed by atoms with Gasteiger partial charge in [-0.1, -0.05) is 17.7 Å². The summed E-state index contributed by atoms with van der Waals surface area (Å²) in [6.07, 6.45) is -0.0249. The van der Waals surface area contributed by atoms with Crippen molar-refractivity contribution >= 4 is 29.0 Å². The quantitative estimate of drug-likeness (QED) is 0.809. The number of benzene rings is 2. The summed E-state index contributed by atoms with van der Waals surface area (Å²) < 4.78 is 18.2. The standard InChI is InChI=1S/C17H15ClFNO3/c1-23-16-7-5-11(18)9-14(16)15(21)6-8-17(22)20-13-4-2-3-12(19)10-13/h2-5,7,9-10H,6,8H2,1H3,(H,20,22). The predicted octanol–water partition coefficient (Wildman–Crippen LogP) is 4.09. The van der Waals surface area contributed by atoms with Gasteiger partial charge in [-0.05, 0) is 36.4 Å². The first-order valence-corrected chi connectivity index (χ1v) is 7.29. The summed E-state index contributed by atoms with van der Waals surface area (Å²) in [6, 6.07) is 10.3. The molecule has 0 saturated carbocycles. The first-order chi connectivity index (χ1) is 11.0. The second kappa shape index (κ2) is 7.74. The van der Waals surface area contributed by atoms with Gasteiger partial charge in [0.1, 0.15) is 11.6 Å². The number of hydrogen-bond acceptors (Lipinski definition) is 3. The summed E-state index contributed by atoms with van der Waals surface area (Å²) in [5, 5.41) is 2.96. The molecule has 0 radical (unpaired) electrons. The molecule has 0 unspecified atom stereocenters. The van der Waals surface area contributed by atoms with Gasteiger partial charge in [0.2, 0.25) is 5.91 Å². The zero-order chi connectivity index (χ0) is 16.8. The van der Waals surface area contributed by atoms with Crippen molar-refractivity contribution in [3.8, 4) is 5.75 Å². The summed E-state index contributed by atoms with van der Waals surface area (Å²) >= 11 is 5.88. The Morgan fingerprint density at radius 1 is 1.17 bits per heavy atom. The van der Waals surface area contributed by atoms with Crippen LogP contribution in [0, 0.1) is 5.82 Å². The molecule has 2 rings (SSSR count). The van der Waals surface area contributed by atoms with Crippen molar-refractivity contribution in [2.75, 3.05) is 12.4 Å². The van der Waals surface area contributed by atoms with E-state index in [4.69, 9.17) is 16.3 Å². The van der Waals surface area contributed by atoms with Gasteiger partial charge in [-0.2, -0.15) is 0 Å². The molecular weight excluding hydrogens is 321 g/mol. The van der Waals surface area contributed by atoms with E-state index in [-0.39, 0.29) is 24.5 Å². The SMILES string of the molecule is COc1ccc(Cl)cc1C(=O)CCC(=O)Nc1cccc(F)c1. The molecule has 0 atom stereocenters. The molecule has 0 aliphatic heterocycles. The van der Waals surface area contributed by atoms with Crippen molar-refractivity contribution in [3.05, 3.63) is 58.9 Å². The fraction of sp³-hybridized carbons (Fsp3) is 0.176. The fourth-order valence-corrected chi connectivity index (χ4v) is 2.22. The molecule has 23 heavy (non-hydrogen) atoms. The van der Waals surface area contributed by atoms with Crippen LogP contribution < -0.4 is 10.1 Å². The lowest BCUT2D eigenvalue weighted by atomic mass is 10.1. The third-order valence-electron chi connectivity index (χ3n) is 3.15. The Balaban J connectivity index is 1.96. The monoisotopic (exact) mass is 335 g/mol. The minimum absolute atomic E-state index is 0.00213. The number of ketones is 1.